The van der Waals surface area contributed by atoms with E-state index >= 15 is 0 Å². The number of anilines is 1. The second kappa shape index (κ2) is 9.04. The molecular formula is C27H33N3O6S. The van der Waals surface area contributed by atoms with Crippen LogP contribution in [0.4, 0.5) is 5.69 Å². The minimum absolute atomic E-state index is 0.0523. The van der Waals surface area contributed by atoms with E-state index in [-0.39, 0.29) is 31.2 Å². The van der Waals surface area contributed by atoms with Gasteiger partial charge in [0, 0.05) is 34.2 Å². The van der Waals surface area contributed by atoms with Crippen LogP contribution >= 0.6 is 0 Å². The molecule has 1 amide bonds. The molecule has 2 heterocycles. The van der Waals surface area contributed by atoms with Gasteiger partial charge in [-0.3, -0.25) is 4.79 Å². The molecule has 3 N–H and O–H groups in total. The molecule has 1 aliphatic carbocycles. The summed E-state index contributed by atoms with van der Waals surface area (Å²) in [5.41, 5.74) is 2.73. The summed E-state index contributed by atoms with van der Waals surface area (Å²) in [4.78, 5) is 13.4. The summed E-state index contributed by atoms with van der Waals surface area (Å²) in [6, 6.07) is 13.5. The number of benzene rings is 2. The fourth-order valence-corrected chi connectivity index (χ4v) is 5.40. The Morgan fingerprint density at radius 2 is 1.84 bits per heavy atom. The van der Waals surface area contributed by atoms with Crippen LogP contribution in [0.5, 0.6) is 11.5 Å². The van der Waals surface area contributed by atoms with E-state index in [1.165, 1.54) is 0 Å². The van der Waals surface area contributed by atoms with Crippen molar-refractivity contribution in [3.05, 3.63) is 53.7 Å². The molecule has 1 unspecified atom stereocenters. The van der Waals surface area contributed by atoms with Crippen LogP contribution in [0, 0.1) is 0 Å². The Labute approximate surface area is 216 Å². The lowest BCUT2D eigenvalue weighted by atomic mass is 9.92. The largest absolute Gasteiger partial charge is 0.454 e. The van der Waals surface area contributed by atoms with Crippen LogP contribution < -0.4 is 19.5 Å². The van der Waals surface area contributed by atoms with Gasteiger partial charge in [0.15, 0.2) is 11.5 Å². The Bertz CT molecular complexity index is 1470. The maximum atomic E-state index is 13.4. The minimum atomic E-state index is -3.40. The quantitative estimate of drug-likeness (QED) is 0.414. The number of hydrogen-bond acceptors (Lipinski definition) is 6. The molecule has 9 nitrogen and oxygen atoms in total. The third-order valence-electron chi connectivity index (χ3n) is 7.01. The van der Waals surface area contributed by atoms with Crippen molar-refractivity contribution in [2.75, 3.05) is 24.9 Å². The van der Waals surface area contributed by atoms with Crippen LogP contribution in [0.25, 0.3) is 10.9 Å². The van der Waals surface area contributed by atoms with Crippen molar-refractivity contribution in [3.63, 3.8) is 0 Å². The number of rotatable bonds is 8. The molecule has 5 rings (SSSR count). The standard InChI is InChI=1S/C27H33N3O6S/c1-26(2,3)24-12-17-11-19(6-7-21(17)30(24)15-20(31)14-28-37(4,33)34)29-25(32)27(9-10-27)18-5-8-22-23(13-18)36-16-35-22/h5-8,11-13,20,28,31H,9-10,14-16H2,1-4H3,(H,29,32). The van der Waals surface area contributed by atoms with Crippen molar-refractivity contribution in [3.8, 4) is 11.5 Å². The Balaban J connectivity index is 1.39. The van der Waals surface area contributed by atoms with Gasteiger partial charge in [0.1, 0.15) is 0 Å². The van der Waals surface area contributed by atoms with Gasteiger partial charge in [-0.2, -0.15) is 0 Å². The van der Waals surface area contributed by atoms with Crippen LogP contribution in [-0.4, -0.2) is 49.7 Å². The van der Waals surface area contributed by atoms with Gasteiger partial charge in [-0.25, -0.2) is 13.1 Å². The molecule has 198 valence electrons. The zero-order chi connectivity index (χ0) is 26.6. The molecule has 3 aromatic rings. The molecule has 2 aromatic carbocycles. The zero-order valence-electron chi connectivity index (χ0n) is 21.5. The zero-order valence-corrected chi connectivity index (χ0v) is 22.3. The molecule has 0 saturated heterocycles. The van der Waals surface area contributed by atoms with E-state index in [0.29, 0.717) is 17.2 Å². The Morgan fingerprint density at radius 3 is 2.51 bits per heavy atom. The van der Waals surface area contributed by atoms with Crippen LogP contribution in [-0.2, 0) is 32.2 Å². The van der Waals surface area contributed by atoms with Gasteiger partial charge in [0.05, 0.1) is 24.3 Å². The van der Waals surface area contributed by atoms with E-state index < -0.39 is 21.5 Å². The molecule has 10 heteroatoms. The van der Waals surface area contributed by atoms with E-state index in [9.17, 15) is 18.3 Å². The summed E-state index contributed by atoms with van der Waals surface area (Å²) in [5, 5.41) is 14.6. The van der Waals surface area contributed by atoms with Gasteiger partial charge >= 0.3 is 0 Å². The fourth-order valence-electron chi connectivity index (χ4n) is 4.91. The lowest BCUT2D eigenvalue weighted by Gasteiger charge is -2.24. The first-order valence-corrected chi connectivity index (χ1v) is 14.2. The average Bonchev–Trinajstić information content (AvgIpc) is 3.36. The SMILES string of the molecule is CC(C)(C)c1cc2cc(NC(=O)C3(c4ccc5c(c4)OCO5)CC3)ccc2n1CC(O)CNS(C)(=O)=O. The van der Waals surface area contributed by atoms with E-state index in [4.69, 9.17) is 9.47 Å². The van der Waals surface area contributed by atoms with Crippen molar-refractivity contribution in [1.82, 2.24) is 9.29 Å². The first-order valence-electron chi connectivity index (χ1n) is 12.3. The number of fused-ring (bicyclic) bond motifs is 2. The average molecular weight is 528 g/mol. The summed E-state index contributed by atoms with van der Waals surface area (Å²) < 4.78 is 38.2. The molecule has 1 saturated carbocycles. The van der Waals surface area contributed by atoms with Crippen LogP contribution in [0.15, 0.2) is 42.5 Å². The lowest BCUT2D eigenvalue weighted by molar-refractivity contribution is -0.118. The Hall–Kier alpha value is -3.08. The summed E-state index contributed by atoms with van der Waals surface area (Å²) in [6.07, 6.45) is 1.71. The van der Waals surface area contributed by atoms with Gasteiger partial charge < -0.3 is 24.5 Å². The number of aromatic nitrogens is 1. The summed E-state index contributed by atoms with van der Waals surface area (Å²) >= 11 is 0. The van der Waals surface area contributed by atoms with E-state index in [2.05, 4.69) is 36.9 Å². The van der Waals surface area contributed by atoms with Gasteiger partial charge in [-0.15, -0.1) is 0 Å². The smallest absolute Gasteiger partial charge is 0.235 e. The second-order valence-corrected chi connectivity index (χ2v) is 12.9. The number of sulfonamides is 1. The molecule has 1 aliphatic heterocycles. The second-order valence-electron chi connectivity index (χ2n) is 11.0. The predicted octanol–water partition coefficient (Wildman–Crippen LogP) is 3.25. The van der Waals surface area contributed by atoms with Crippen molar-refractivity contribution in [2.24, 2.45) is 0 Å². The van der Waals surface area contributed by atoms with Gasteiger partial charge in [-0.1, -0.05) is 26.8 Å². The molecule has 37 heavy (non-hydrogen) atoms. The number of nitrogens with one attached hydrogen (secondary N) is 2. The summed E-state index contributed by atoms with van der Waals surface area (Å²) in [7, 11) is -3.40. The third-order valence-corrected chi connectivity index (χ3v) is 7.70. The number of hydrogen-bond donors (Lipinski definition) is 3. The van der Waals surface area contributed by atoms with Crippen LogP contribution in [0.2, 0.25) is 0 Å². The Morgan fingerprint density at radius 1 is 1.11 bits per heavy atom. The third kappa shape index (κ3) is 5.18. The van der Waals surface area contributed by atoms with E-state index in [1.54, 1.807) is 0 Å². The normalized spacial score (nSPS) is 17.1. The maximum absolute atomic E-state index is 13.4. The summed E-state index contributed by atoms with van der Waals surface area (Å²) in [5.74, 6) is 1.31. The van der Waals surface area contributed by atoms with Crippen molar-refractivity contribution >= 4 is 32.5 Å². The molecule has 2 aliphatic rings. The maximum Gasteiger partial charge on any atom is 0.235 e. The van der Waals surface area contributed by atoms with Gasteiger partial charge in [0.25, 0.3) is 0 Å². The molecule has 1 aromatic heterocycles. The monoisotopic (exact) mass is 527 g/mol. The van der Waals surface area contributed by atoms with Crippen molar-refractivity contribution < 1.29 is 27.8 Å². The number of amides is 1. The molecule has 0 spiro atoms. The molecular weight excluding hydrogens is 494 g/mol. The van der Waals surface area contributed by atoms with Gasteiger partial charge in [0.2, 0.25) is 22.7 Å². The van der Waals surface area contributed by atoms with Crippen molar-refractivity contribution in [1.29, 1.82) is 0 Å². The molecule has 0 radical (unpaired) electrons. The highest BCUT2D eigenvalue weighted by molar-refractivity contribution is 7.88. The highest BCUT2D eigenvalue weighted by Crippen LogP contribution is 2.51. The Kier molecular flexibility index (Phi) is 6.24. The van der Waals surface area contributed by atoms with Crippen molar-refractivity contribution in [2.45, 2.75) is 57.1 Å². The number of carbonyl (C=O) groups is 1. The number of aliphatic hydroxyl groups excluding tert-OH is 1. The molecule has 0 bridgehead atoms. The summed E-state index contributed by atoms with van der Waals surface area (Å²) in [6.45, 7) is 6.62. The number of carbonyl (C=O) groups excluding carboxylic acids is 1. The highest BCUT2D eigenvalue weighted by atomic mass is 32.2. The number of nitrogens with zero attached hydrogens (tertiary/aromatic N) is 1. The minimum Gasteiger partial charge on any atom is -0.454 e. The topological polar surface area (TPSA) is 119 Å². The highest BCUT2D eigenvalue weighted by Gasteiger charge is 2.51. The first kappa shape index (κ1) is 25.6. The number of aliphatic hydroxyl groups is 1. The van der Waals surface area contributed by atoms with Crippen LogP contribution in [0.1, 0.15) is 44.9 Å². The predicted molar refractivity (Wildman–Crippen MR) is 142 cm³/mol. The fraction of sp³-hybridized carbons (Fsp3) is 0.444. The lowest BCUT2D eigenvalue weighted by Crippen LogP contribution is -2.34. The van der Waals surface area contributed by atoms with Gasteiger partial charge in [-0.05, 0) is 54.8 Å². The first-order chi connectivity index (χ1) is 17.4. The van der Waals surface area contributed by atoms with E-state index in [1.807, 2.05) is 41.0 Å². The molecule has 1 atom stereocenters. The van der Waals surface area contributed by atoms with Crippen LogP contribution in [0.3, 0.4) is 0 Å². The number of ether oxygens (including phenoxy) is 2. The van der Waals surface area contributed by atoms with E-state index in [0.717, 1.165) is 41.3 Å². The molecule has 1 fully saturated rings.